The first-order valence-electron chi connectivity index (χ1n) is 7.11. The molecular weight excluding hydrogens is 328 g/mol. The lowest BCUT2D eigenvalue weighted by atomic mass is 9.76. The van der Waals surface area contributed by atoms with Crippen molar-refractivity contribution in [2.75, 3.05) is 0 Å². The van der Waals surface area contributed by atoms with Crippen LogP contribution in [0.15, 0.2) is 46.9 Å². The summed E-state index contributed by atoms with van der Waals surface area (Å²) in [5.41, 5.74) is 2.69. The second kappa shape index (κ2) is 5.15. The Morgan fingerprint density at radius 3 is 2.43 bits per heavy atom. The molecule has 21 heavy (non-hydrogen) atoms. The molecule has 2 aromatic rings. The molecule has 0 saturated heterocycles. The van der Waals surface area contributed by atoms with Crippen molar-refractivity contribution in [3.05, 3.63) is 63.6 Å². The van der Waals surface area contributed by atoms with E-state index < -0.39 is 11.7 Å². The summed E-state index contributed by atoms with van der Waals surface area (Å²) in [6.07, 6.45) is -0.580. The second-order valence-electron chi connectivity index (χ2n) is 6.22. The molecule has 1 aliphatic rings. The second-order valence-corrected chi connectivity index (χ2v) is 7.14. The molecule has 0 fully saturated rings. The molecule has 2 aromatic carbocycles. The Balaban J connectivity index is 2.10. The number of halogens is 1. The van der Waals surface area contributed by atoms with E-state index in [-0.39, 0.29) is 5.92 Å². The highest BCUT2D eigenvalue weighted by atomic mass is 79.9. The maximum atomic E-state index is 10.9. The molecule has 3 rings (SSSR count). The van der Waals surface area contributed by atoms with Crippen LogP contribution in [0.25, 0.3) is 0 Å². The number of hydrogen-bond acceptors (Lipinski definition) is 2. The van der Waals surface area contributed by atoms with Gasteiger partial charge in [-0.25, -0.2) is 0 Å². The van der Waals surface area contributed by atoms with Crippen molar-refractivity contribution in [2.24, 2.45) is 0 Å². The minimum absolute atomic E-state index is 0.0973. The van der Waals surface area contributed by atoms with E-state index in [0.717, 1.165) is 21.3 Å². The smallest absolute Gasteiger partial charge is 0.126 e. The van der Waals surface area contributed by atoms with Crippen LogP contribution in [0.2, 0.25) is 0 Å². The summed E-state index contributed by atoms with van der Waals surface area (Å²) in [6, 6.07) is 14.1. The molecule has 1 aliphatic heterocycles. The summed E-state index contributed by atoms with van der Waals surface area (Å²) < 4.78 is 7.11. The van der Waals surface area contributed by atoms with Crippen LogP contribution in [-0.2, 0) is 0 Å². The minimum Gasteiger partial charge on any atom is -0.487 e. The van der Waals surface area contributed by atoms with Gasteiger partial charge in [-0.3, -0.25) is 0 Å². The van der Waals surface area contributed by atoms with Gasteiger partial charge in [0.15, 0.2) is 0 Å². The highest BCUT2D eigenvalue weighted by Gasteiger charge is 2.44. The number of aryl methyl sites for hydroxylation is 1. The van der Waals surface area contributed by atoms with Crippen LogP contribution >= 0.6 is 15.9 Å². The first kappa shape index (κ1) is 14.6. The molecule has 2 atom stereocenters. The van der Waals surface area contributed by atoms with Crippen LogP contribution in [0.1, 0.15) is 42.6 Å². The summed E-state index contributed by atoms with van der Waals surface area (Å²) in [5, 5.41) is 10.9. The molecule has 110 valence electrons. The van der Waals surface area contributed by atoms with E-state index in [4.69, 9.17) is 4.74 Å². The molecule has 3 heteroatoms. The Morgan fingerprint density at radius 1 is 1.10 bits per heavy atom. The fraction of sp³-hybridized carbons (Fsp3) is 0.333. The normalized spacial score (nSPS) is 23.3. The average molecular weight is 347 g/mol. The largest absolute Gasteiger partial charge is 0.487 e. The standard InChI is InChI=1S/C18H19BrO2/c1-11-4-6-12(7-5-11)16-17(20)14-10-13(19)8-9-15(14)21-18(16,2)3/h4-10,16-17,20H,1-3H3. The van der Waals surface area contributed by atoms with Gasteiger partial charge in [-0.2, -0.15) is 0 Å². The summed E-state index contributed by atoms with van der Waals surface area (Å²) >= 11 is 3.47. The van der Waals surface area contributed by atoms with Crippen molar-refractivity contribution in [2.45, 2.75) is 38.4 Å². The van der Waals surface area contributed by atoms with Gasteiger partial charge in [0.25, 0.3) is 0 Å². The van der Waals surface area contributed by atoms with E-state index in [0.29, 0.717) is 0 Å². The quantitative estimate of drug-likeness (QED) is 0.807. The zero-order valence-corrected chi connectivity index (χ0v) is 14.0. The summed E-state index contributed by atoms with van der Waals surface area (Å²) in [6.45, 7) is 6.13. The molecule has 1 N–H and O–H groups in total. The number of rotatable bonds is 1. The molecule has 0 aromatic heterocycles. The van der Waals surface area contributed by atoms with Crippen LogP contribution in [0.4, 0.5) is 0 Å². The van der Waals surface area contributed by atoms with Gasteiger partial charge in [-0.1, -0.05) is 45.8 Å². The number of aliphatic hydroxyl groups excluding tert-OH is 1. The highest BCUT2D eigenvalue weighted by Crippen LogP contribution is 2.49. The van der Waals surface area contributed by atoms with E-state index in [9.17, 15) is 5.11 Å². The Kier molecular flexibility index (Phi) is 3.58. The number of aliphatic hydroxyl groups is 1. The lowest BCUT2D eigenvalue weighted by Crippen LogP contribution is -2.42. The van der Waals surface area contributed by atoms with Gasteiger partial charge >= 0.3 is 0 Å². The molecule has 2 unspecified atom stereocenters. The Hall–Kier alpha value is -1.32. The van der Waals surface area contributed by atoms with Crippen molar-refractivity contribution in [1.82, 2.24) is 0 Å². The molecule has 0 bridgehead atoms. The van der Waals surface area contributed by atoms with Gasteiger partial charge in [0.1, 0.15) is 11.4 Å². The predicted molar refractivity (Wildman–Crippen MR) is 87.7 cm³/mol. The van der Waals surface area contributed by atoms with Crippen molar-refractivity contribution in [3.8, 4) is 5.75 Å². The van der Waals surface area contributed by atoms with Gasteiger partial charge in [0.05, 0.1) is 12.0 Å². The molecule has 0 radical (unpaired) electrons. The molecular formula is C18H19BrO2. The SMILES string of the molecule is Cc1ccc(C2C(O)c3cc(Br)ccc3OC2(C)C)cc1. The monoisotopic (exact) mass is 346 g/mol. The van der Waals surface area contributed by atoms with Gasteiger partial charge in [0.2, 0.25) is 0 Å². The van der Waals surface area contributed by atoms with E-state index >= 15 is 0 Å². The lowest BCUT2D eigenvalue weighted by molar-refractivity contribution is -0.0154. The van der Waals surface area contributed by atoms with E-state index in [2.05, 4.69) is 47.1 Å². The van der Waals surface area contributed by atoms with Crippen molar-refractivity contribution < 1.29 is 9.84 Å². The molecule has 0 saturated carbocycles. The van der Waals surface area contributed by atoms with Gasteiger partial charge in [-0.15, -0.1) is 0 Å². The van der Waals surface area contributed by atoms with Crippen LogP contribution in [0.3, 0.4) is 0 Å². The number of benzene rings is 2. The Bertz CT molecular complexity index is 661. The maximum Gasteiger partial charge on any atom is 0.126 e. The molecule has 2 nitrogen and oxygen atoms in total. The fourth-order valence-corrected chi connectivity index (χ4v) is 3.49. The lowest BCUT2D eigenvalue weighted by Gasteiger charge is -2.43. The van der Waals surface area contributed by atoms with Gasteiger partial charge in [0, 0.05) is 10.0 Å². The predicted octanol–water partition coefficient (Wildman–Crippen LogP) is 4.75. The summed E-state index contributed by atoms with van der Waals surface area (Å²) in [4.78, 5) is 0. The minimum atomic E-state index is -0.580. The van der Waals surface area contributed by atoms with E-state index in [1.54, 1.807) is 0 Å². The van der Waals surface area contributed by atoms with Crippen molar-refractivity contribution in [3.63, 3.8) is 0 Å². The zero-order chi connectivity index (χ0) is 15.2. The number of fused-ring (bicyclic) bond motifs is 1. The maximum absolute atomic E-state index is 10.9. The van der Waals surface area contributed by atoms with Gasteiger partial charge < -0.3 is 9.84 Å². The first-order chi connectivity index (χ1) is 9.88. The average Bonchev–Trinajstić information content (AvgIpc) is 2.41. The third-order valence-corrected chi connectivity index (χ3v) is 4.66. The number of ether oxygens (including phenoxy) is 1. The molecule has 0 amide bonds. The Labute approximate surface area is 133 Å². The summed E-state index contributed by atoms with van der Waals surface area (Å²) in [5.74, 6) is 0.666. The van der Waals surface area contributed by atoms with Gasteiger partial charge in [-0.05, 0) is 44.5 Å². The zero-order valence-electron chi connectivity index (χ0n) is 12.4. The van der Waals surface area contributed by atoms with Crippen LogP contribution in [0.5, 0.6) is 5.75 Å². The van der Waals surface area contributed by atoms with Crippen molar-refractivity contribution in [1.29, 1.82) is 0 Å². The van der Waals surface area contributed by atoms with E-state index in [1.165, 1.54) is 5.56 Å². The summed E-state index contributed by atoms with van der Waals surface area (Å²) in [7, 11) is 0. The molecule has 0 aliphatic carbocycles. The van der Waals surface area contributed by atoms with Crippen LogP contribution in [0, 0.1) is 6.92 Å². The fourth-order valence-electron chi connectivity index (χ4n) is 3.11. The Morgan fingerprint density at radius 2 is 1.76 bits per heavy atom. The topological polar surface area (TPSA) is 29.5 Å². The van der Waals surface area contributed by atoms with Crippen LogP contribution in [-0.4, -0.2) is 10.7 Å². The van der Waals surface area contributed by atoms with Crippen molar-refractivity contribution >= 4 is 15.9 Å². The van der Waals surface area contributed by atoms with E-state index in [1.807, 2.05) is 32.0 Å². The molecule has 0 spiro atoms. The third kappa shape index (κ3) is 2.60. The molecule has 1 heterocycles. The van der Waals surface area contributed by atoms with Crippen LogP contribution < -0.4 is 4.74 Å². The highest BCUT2D eigenvalue weighted by molar-refractivity contribution is 9.10. The third-order valence-electron chi connectivity index (χ3n) is 4.16. The first-order valence-corrected chi connectivity index (χ1v) is 7.91. The number of hydrogen-bond donors (Lipinski definition) is 1.